The third kappa shape index (κ3) is 1.96. The first-order valence-corrected chi connectivity index (χ1v) is 5.60. The quantitative estimate of drug-likeness (QED) is 0.795. The molecule has 84 valence electrons. The zero-order chi connectivity index (χ0) is 11.5. The SMILES string of the molecule is CCC(C)Nc1nnc2ccccc2[n+]1C. The number of aryl methyl sites for hydroxylation is 1. The molecule has 1 aromatic carbocycles. The summed E-state index contributed by atoms with van der Waals surface area (Å²) in [5.41, 5.74) is 2.00. The van der Waals surface area contributed by atoms with Gasteiger partial charge in [-0.1, -0.05) is 24.2 Å². The van der Waals surface area contributed by atoms with Crippen molar-refractivity contribution >= 4 is 17.0 Å². The minimum Gasteiger partial charge on any atom is -0.270 e. The highest BCUT2D eigenvalue weighted by atomic mass is 15.3. The van der Waals surface area contributed by atoms with Crippen molar-refractivity contribution in [3.63, 3.8) is 0 Å². The average molecular weight is 217 g/mol. The summed E-state index contributed by atoms with van der Waals surface area (Å²) in [6.07, 6.45) is 1.06. The van der Waals surface area contributed by atoms with Gasteiger partial charge in [0.1, 0.15) is 11.0 Å². The van der Waals surface area contributed by atoms with Crippen molar-refractivity contribution in [1.82, 2.24) is 10.2 Å². The van der Waals surface area contributed by atoms with Crippen LogP contribution in [0.4, 0.5) is 5.95 Å². The molecule has 1 unspecified atom stereocenters. The molecule has 2 rings (SSSR count). The van der Waals surface area contributed by atoms with Crippen LogP contribution in [-0.2, 0) is 7.05 Å². The first-order valence-electron chi connectivity index (χ1n) is 5.60. The van der Waals surface area contributed by atoms with E-state index in [4.69, 9.17) is 0 Å². The predicted molar refractivity (Wildman–Crippen MR) is 64.1 cm³/mol. The van der Waals surface area contributed by atoms with Crippen molar-refractivity contribution in [2.24, 2.45) is 7.05 Å². The Morgan fingerprint density at radius 2 is 2.06 bits per heavy atom. The van der Waals surface area contributed by atoms with E-state index in [9.17, 15) is 0 Å². The third-order valence-corrected chi connectivity index (χ3v) is 2.80. The van der Waals surface area contributed by atoms with Gasteiger partial charge in [0.15, 0.2) is 0 Å². The Hall–Kier alpha value is -1.71. The zero-order valence-electron chi connectivity index (χ0n) is 9.94. The van der Waals surface area contributed by atoms with Gasteiger partial charge in [0.25, 0.3) is 0 Å². The van der Waals surface area contributed by atoms with Gasteiger partial charge >= 0.3 is 5.95 Å². The Morgan fingerprint density at radius 1 is 1.31 bits per heavy atom. The number of rotatable bonds is 3. The number of aromatic nitrogens is 3. The second-order valence-electron chi connectivity index (χ2n) is 4.02. The third-order valence-electron chi connectivity index (χ3n) is 2.80. The topological polar surface area (TPSA) is 41.7 Å². The van der Waals surface area contributed by atoms with Crippen molar-refractivity contribution in [1.29, 1.82) is 0 Å². The van der Waals surface area contributed by atoms with Crippen LogP contribution in [0.5, 0.6) is 0 Å². The summed E-state index contributed by atoms with van der Waals surface area (Å²) in [7, 11) is 2.00. The number of para-hydroxylation sites is 1. The Bertz CT molecular complexity index is 495. The number of hydrogen-bond acceptors (Lipinski definition) is 3. The largest absolute Gasteiger partial charge is 0.415 e. The fourth-order valence-electron chi connectivity index (χ4n) is 1.56. The Kier molecular flexibility index (Phi) is 2.99. The minimum atomic E-state index is 0.404. The summed E-state index contributed by atoms with van der Waals surface area (Å²) in [5, 5.41) is 11.7. The van der Waals surface area contributed by atoms with Gasteiger partial charge in [-0.2, -0.15) is 0 Å². The lowest BCUT2D eigenvalue weighted by atomic mass is 10.3. The van der Waals surface area contributed by atoms with Crippen LogP contribution in [0.1, 0.15) is 20.3 Å². The first-order chi connectivity index (χ1) is 7.72. The van der Waals surface area contributed by atoms with E-state index < -0.39 is 0 Å². The molecule has 0 spiro atoms. The van der Waals surface area contributed by atoms with E-state index in [1.54, 1.807) is 0 Å². The van der Waals surface area contributed by atoms with Crippen LogP contribution >= 0.6 is 0 Å². The Balaban J connectivity index is 2.44. The van der Waals surface area contributed by atoms with E-state index in [1.807, 2.05) is 35.9 Å². The van der Waals surface area contributed by atoms with Gasteiger partial charge in [0.05, 0.1) is 13.1 Å². The number of nitrogens with one attached hydrogen (secondary N) is 1. The van der Waals surface area contributed by atoms with Gasteiger partial charge in [-0.25, -0.2) is 4.57 Å². The molecule has 1 heterocycles. The maximum Gasteiger partial charge on any atom is 0.415 e. The lowest BCUT2D eigenvalue weighted by Crippen LogP contribution is -2.37. The van der Waals surface area contributed by atoms with Gasteiger partial charge in [-0.3, -0.25) is 5.32 Å². The second-order valence-corrected chi connectivity index (χ2v) is 4.02. The number of hydrogen-bond donors (Lipinski definition) is 1. The number of nitrogens with zero attached hydrogens (tertiary/aromatic N) is 3. The van der Waals surface area contributed by atoms with Crippen molar-refractivity contribution < 1.29 is 4.57 Å². The van der Waals surface area contributed by atoms with Gasteiger partial charge < -0.3 is 0 Å². The van der Waals surface area contributed by atoms with Crippen molar-refractivity contribution in [2.45, 2.75) is 26.3 Å². The average Bonchev–Trinajstić information content (AvgIpc) is 2.33. The molecule has 0 saturated carbocycles. The standard InChI is InChI=1S/C12H16N4/c1-4-9(2)13-12-15-14-10-7-5-6-8-11(10)16(12)3/h5-9H,4H2,1-3H3/p+1. The molecular formula is C12H17N4+. The summed E-state index contributed by atoms with van der Waals surface area (Å²) < 4.78 is 2.04. The fraction of sp³-hybridized carbons (Fsp3) is 0.417. The molecule has 0 saturated heterocycles. The van der Waals surface area contributed by atoms with Gasteiger partial charge in [-0.05, 0) is 25.5 Å². The van der Waals surface area contributed by atoms with E-state index >= 15 is 0 Å². The smallest absolute Gasteiger partial charge is 0.270 e. The maximum atomic E-state index is 4.20. The van der Waals surface area contributed by atoms with Crippen LogP contribution in [0.2, 0.25) is 0 Å². The molecule has 0 radical (unpaired) electrons. The van der Waals surface area contributed by atoms with Gasteiger partial charge in [0, 0.05) is 5.10 Å². The van der Waals surface area contributed by atoms with Gasteiger partial charge in [-0.15, -0.1) is 0 Å². The zero-order valence-corrected chi connectivity index (χ0v) is 9.94. The summed E-state index contributed by atoms with van der Waals surface area (Å²) in [4.78, 5) is 0. The van der Waals surface area contributed by atoms with Crippen LogP contribution in [-0.4, -0.2) is 16.2 Å². The van der Waals surface area contributed by atoms with E-state index in [0.29, 0.717) is 6.04 Å². The number of benzene rings is 1. The minimum absolute atomic E-state index is 0.404. The number of fused-ring (bicyclic) bond motifs is 1. The summed E-state index contributed by atoms with van der Waals surface area (Å²) >= 11 is 0. The summed E-state index contributed by atoms with van der Waals surface area (Å²) in [5.74, 6) is 0.813. The van der Waals surface area contributed by atoms with Gasteiger partial charge in [0.2, 0.25) is 0 Å². The molecule has 0 aliphatic carbocycles. The normalized spacial score (nSPS) is 12.7. The summed E-state index contributed by atoms with van der Waals surface area (Å²) in [6, 6.07) is 8.40. The van der Waals surface area contributed by atoms with Crippen LogP contribution < -0.4 is 9.88 Å². The lowest BCUT2D eigenvalue weighted by Gasteiger charge is -2.08. The maximum absolute atomic E-state index is 4.20. The lowest BCUT2D eigenvalue weighted by molar-refractivity contribution is -0.633. The number of anilines is 1. The van der Waals surface area contributed by atoms with Crippen LogP contribution in [0.25, 0.3) is 11.0 Å². The molecule has 1 aromatic heterocycles. The Labute approximate surface area is 95.3 Å². The van der Waals surface area contributed by atoms with Crippen LogP contribution in [0, 0.1) is 0 Å². The highest BCUT2D eigenvalue weighted by Crippen LogP contribution is 2.07. The highest BCUT2D eigenvalue weighted by molar-refractivity contribution is 5.70. The monoisotopic (exact) mass is 217 g/mol. The van der Waals surface area contributed by atoms with Crippen molar-refractivity contribution in [2.75, 3.05) is 5.32 Å². The van der Waals surface area contributed by atoms with Crippen molar-refractivity contribution in [3.05, 3.63) is 24.3 Å². The van der Waals surface area contributed by atoms with E-state index in [1.165, 1.54) is 0 Å². The molecule has 4 nitrogen and oxygen atoms in total. The molecule has 0 aliphatic rings. The molecular weight excluding hydrogens is 200 g/mol. The van der Waals surface area contributed by atoms with Crippen molar-refractivity contribution in [3.8, 4) is 0 Å². The first kappa shape index (κ1) is 10.8. The molecule has 16 heavy (non-hydrogen) atoms. The molecule has 2 aromatic rings. The van der Waals surface area contributed by atoms with Crippen LogP contribution in [0.15, 0.2) is 24.3 Å². The molecule has 0 bridgehead atoms. The molecule has 4 heteroatoms. The molecule has 0 aliphatic heterocycles. The van der Waals surface area contributed by atoms with E-state index in [0.717, 1.165) is 23.4 Å². The fourth-order valence-corrected chi connectivity index (χ4v) is 1.56. The second kappa shape index (κ2) is 4.43. The summed E-state index contributed by atoms with van der Waals surface area (Å²) in [6.45, 7) is 4.28. The molecule has 0 amide bonds. The highest BCUT2D eigenvalue weighted by Gasteiger charge is 2.15. The molecule has 0 fully saturated rings. The Morgan fingerprint density at radius 3 is 2.81 bits per heavy atom. The predicted octanol–water partition coefficient (Wildman–Crippen LogP) is 1.66. The molecule has 1 atom stereocenters. The van der Waals surface area contributed by atoms with E-state index in [2.05, 4.69) is 29.4 Å². The van der Waals surface area contributed by atoms with E-state index in [-0.39, 0.29) is 0 Å². The molecule has 1 N–H and O–H groups in total. The van der Waals surface area contributed by atoms with Crippen LogP contribution in [0.3, 0.4) is 0 Å².